The average molecular weight is 232 g/mol. The van der Waals surface area contributed by atoms with Crippen LogP contribution in [-0.2, 0) is 6.54 Å². The zero-order chi connectivity index (χ0) is 12.4. The minimum absolute atomic E-state index is 0.197. The van der Waals surface area contributed by atoms with Crippen LogP contribution in [0.1, 0.15) is 45.2 Å². The Bertz CT molecular complexity index is 438. The molecule has 2 rings (SSSR count). The van der Waals surface area contributed by atoms with Crippen LogP contribution in [0.2, 0.25) is 0 Å². The highest BCUT2D eigenvalue weighted by molar-refractivity contribution is 6.06. The van der Waals surface area contributed by atoms with E-state index in [2.05, 4.69) is 37.7 Å². The van der Waals surface area contributed by atoms with E-state index in [9.17, 15) is 0 Å². The lowest BCUT2D eigenvalue weighted by Gasteiger charge is -2.16. The number of ether oxygens (including phenoxy) is 1. The summed E-state index contributed by atoms with van der Waals surface area (Å²) in [5.74, 6) is 1.17. The van der Waals surface area contributed by atoms with E-state index in [1.807, 2.05) is 12.3 Å². The van der Waals surface area contributed by atoms with Gasteiger partial charge in [0.25, 0.3) is 0 Å². The molecule has 1 unspecified atom stereocenters. The summed E-state index contributed by atoms with van der Waals surface area (Å²) in [5.41, 5.74) is 3.50. The van der Waals surface area contributed by atoms with E-state index >= 15 is 0 Å². The molecule has 0 saturated carbocycles. The van der Waals surface area contributed by atoms with Crippen molar-refractivity contribution in [1.82, 2.24) is 4.98 Å². The second-order valence-electron chi connectivity index (χ2n) is 4.84. The fraction of sp³-hybridized carbons (Fsp3) is 0.571. The third-order valence-electron chi connectivity index (χ3n) is 3.11. The lowest BCUT2D eigenvalue weighted by molar-refractivity contribution is 0.208. The molecule has 92 valence electrons. The van der Waals surface area contributed by atoms with Crippen LogP contribution in [0.3, 0.4) is 0 Å². The Balaban J connectivity index is 2.36. The van der Waals surface area contributed by atoms with Gasteiger partial charge in [-0.05, 0) is 30.9 Å². The molecule has 0 bridgehead atoms. The fourth-order valence-electron chi connectivity index (χ4n) is 1.97. The Kier molecular flexibility index (Phi) is 3.46. The number of aromatic nitrogens is 1. The first-order valence-corrected chi connectivity index (χ1v) is 6.32. The molecular formula is C14H20N2O. The third kappa shape index (κ3) is 2.33. The highest BCUT2D eigenvalue weighted by atomic mass is 16.5. The molecule has 3 heteroatoms. The molecule has 17 heavy (non-hydrogen) atoms. The van der Waals surface area contributed by atoms with Crippen molar-refractivity contribution in [2.24, 2.45) is 10.9 Å². The first kappa shape index (κ1) is 12.1. The molecule has 1 aromatic heterocycles. The molecule has 1 aliphatic rings. The Morgan fingerprint density at radius 2 is 2.12 bits per heavy atom. The van der Waals surface area contributed by atoms with Crippen LogP contribution in [0.15, 0.2) is 17.3 Å². The van der Waals surface area contributed by atoms with Gasteiger partial charge >= 0.3 is 0 Å². The first-order valence-electron chi connectivity index (χ1n) is 6.32. The Labute approximate surface area is 103 Å². The van der Waals surface area contributed by atoms with Crippen LogP contribution < -0.4 is 4.74 Å². The smallest absolute Gasteiger partial charge is 0.223 e. The van der Waals surface area contributed by atoms with E-state index < -0.39 is 0 Å². The van der Waals surface area contributed by atoms with Crippen molar-refractivity contribution in [2.45, 2.75) is 46.8 Å². The summed E-state index contributed by atoms with van der Waals surface area (Å²) >= 11 is 0. The first-order chi connectivity index (χ1) is 8.13. The molecule has 2 heterocycles. The molecule has 1 aliphatic heterocycles. The summed E-state index contributed by atoms with van der Waals surface area (Å²) < 4.78 is 5.89. The van der Waals surface area contributed by atoms with Gasteiger partial charge in [0.1, 0.15) is 0 Å². The van der Waals surface area contributed by atoms with Crippen LogP contribution >= 0.6 is 0 Å². The van der Waals surface area contributed by atoms with Gasteiger partial charge in [0.2, 0.25) is 5.88 Å². The van der Waals surface area contributed by atoms with Crippen LogP contribution in [0, 0.1) is 5.92 Å². The van der Waals surface area contributed by atoms with Gasteiger partial charge in [0, 0.05) is 6.20 Å². The van der Waals surface area contributed by atoms with Crippen molar-refractivity contribution in [1.29, 1.82) is 0 Å². The quantitative estimate of drug-likeness (QED) is 0.798. The molecule has 0 aromatic carbocycles. The summed E-state index contributed by atoms with van der Waals surface area (Å²) in [5, 5.41) is 0. The number of aliphatic imine (C=N–C) groups is 1. The number of hydrogen-bond acceptors (Lipinski definition) is 3. The minimum Gasteiger partial charge on any atom is -0.474 e. The van der Waals surface area contributed by atoms with Crippen molar-refractivity contribution in [3.8, 4) is 5.88 Å². The summed E-state index contributed by atoms with van der Waals surface area (Å²) in [6.07, 6.45) is 3.00. The SMILES string of the molecule is CCC(C)Oc1nccc2c1C(C(C)C)=NC2. The van der Waals surface area contributed by atoms with Crippen molar-refractivity contribution >= 4 is 5.71 Å². The average Bonchev–Trinajstić information content (AvgIpc) is 2.73. The van der Waals surface area contributed by atoms with E-state index in [0.717, 1.165) is 30.1 Å². The maximum Gasteiger partial charge on any atom is 0.223 e. The Morgan fingerprint density at radius 3 is 2.76 bits per heavy atom. The van der Waals surface area contributed by atoms with Crippen molar-refractivity contribution < 1.29 is 4.74 Å². The molecule has 1 aromatic rings. The molecule has 1 atom stereocenters. The van der Waals surface area contributed by atoms with E-state index in [1.54, 1.807) is 0 Å². The summed E-state index contributed by atoms with van der Waals surface area (Å²) in [7, 11) is 0. The maximum absolute atomic E-state index is 5.89. The predicted octanol–water partition coefficient (Wildman–Crippen LogP) is 3.22. The lowest BCUT2D eigenvalue weighted by atomic mass is 9.99. The predicted molar refractivity (Wildman–Crippen MR) is 69.7 cm³/mol. The topological polar surface area (TPSA) is 34.5 Å². The van der Waals surface area contributed by atoms with E-state index in [0.29, 0.717) is 5.92 Å². The molecular weight excluding hydrogens is 212 g/mol. The lowest BCUT2D eigenvalue weighted by Crippen LogP contribution is -2.16. The van der Waals surface area contributed by atoms with Gasteiger partial charge in [-0.15, -0.1) is 0 Å². The number of hydrogen-bond donors (Lipinski definition) is 0. The Hall–Kier alpha value is -1.38. The molecule has 0 saturated heterocycles. The van der Waals surface area contributed by atoms with Crippen LogP contribution in [0.4, 0.5) is 0 Å². The molecule has 0 fully saturated rings. The number of fused-ring (bicyclic) bond motifs is 1. The number of nitrogens with zero attached hydrogens (tertiary/aromatic N) is 2. The molecule has 0 N–H and O–H groups in total. The number of pyridine rings is 1. The Morgan fingerprint density at radius 1 is 1.35 bits per heavy atom. The normalized spacial score (nSPS) is 15.7. The van der Waals surface area contributed by atoms with Gasteiger partial charge in [-0.25, -0.2) is 4.98 Å². The van der Waals surface area contributed by atoms with Gasteiger partial charge in [-0.1, -0.05) is 20.8 Å². The van der Waals surface area contributed by atoms with Crippen molar-refractivity contribution in [3.63, 3.8) is 0 Å². The highest BCUT2D eigenvalue weighted by Gasteiger charge is 2.24. The van der Waals surface area contributed by atoms with Gasteiger partial charge in [-0.3, -0.25) is 4.99 Å². The van der Waals surface area contributed by atoms with E-state index in [-0.39, 0.29) is 6.10 Å². The van der Waals surface area contributed by atoms with Gasteiger partial charge in [0.05, 0.1) is 23.9 Å². The van der Waals surface area contributed by atoms with Crippen molar-refractivity contribution in [2.75, 3.05) is 0 Å². The molecule has 0 spiro atoms. The molecule has 0 aliphatic carbocycles. The second kappa shape index (κ2) is 4.86. The monoisotopic (exact) mass is 232 g/mol. The summed E-state index contributed by atoms with van der Waals surface area (Å²) in [6.45, 7) is 9.28. The van der Waals surface area contributed by atoms with Crippen LogP contribution in [0.5, 0.6) is 5.88 Å². The third-order valence-corrected chi connectivity index (χ3v) is 3.11. The van der Waals surface area contributed by atoms with Crippen molar-refractivity contribution in [3.05, 3.63) is 23.4 Å². The zero-order valence-electron chi connectivity index (χ0n) is 11.0. The van der Waals surface area contributed by atoms with Gasteiger partial charge in [0.15, 0.2) is 0 Å². The van der Waals surface area contributed by atoms with Crippen LogP contribution in [0.25, 0.3) is 0 Å². The van der Waals surface area contributed by atoms with Gasteiger partial charge in [-0.2, -0.15) is 0 Å². The van der Waals surface area contributed by atoms with E-state index in [1.165, 1.54) is 5.56 Å². The van der Waals surface area contributed by atoms with Crippen LogP contribution in [-0.4, -0.2) is 16.8 Å². The van der Waals surface area contributed by atoms with Gasteiger partial charge < -0.3 is 4.74 Å². The largest absolute Gasteiger partial charge is 0.474 e. The second-order valence-corrected chi connectivity index (χ2v) is 4.84. The summed E-state index contributed by atoms with van der Waals surface area (Å²) in [6, 6.07) is 2.04. The highest BCUT2D eigenvalue weighted by Crippen LogP contribution is 2.30. The standard InChI is InChI=1S/C14H20N2O/c1-5-10(4)17-14-12-11(6-7-15-14)8-16-13(12)9(2)3/h6-7,9-10H,5,8H2,1-4H3. The molecule has 3 nitrogen and oxygen atoms in total. The zero-order valence-corrected chi connectivity index (χ0v) is 11.0. The molecule has 0 amide bonds. The summed E-state index contributed by atoms with van der Waals surface area (Å²) in [4.78, 5) is 8.96. The van der Waals surface area contributed by atoms with E-state index in [4.69, 9.17) is 4.74 Å². The maximum atomic E-state index is 5.89. The number of rotatable bonds is 4. The fourth-order valence-corrected chi connectivity index (χ4v) is 1.97. The molecule has 0 radical (unpaired) electrons. The minimum atomic E-state index is 0.197.